The Labute approximate surface area is 140 Å². The molecule has 0 aliphatic heterocycles. The molecule has 0 aliphatic carbocycles. The molecule has 0 spiro atoms. The highest BCUT2D eigenvalue weighted by molar-refractivity contribution is 5.50. The van der Waals surface area contributed by atoms with Gasteiger partial charge in [0.25, 0.3) is 0 Å². The number of ether oxygens (including phenoxy) is 1. The fourth-order valence-corrected chi connectivity index (χ4v) is 1.42. The first-order valence-corrected chi connectivity index (χ1v) is 8.49. The zero-order valence-electron chi connectivity index (χ0n) is 17.2. The molecule has 4 heteroatoms. The summed E-state index contributed by atoms with van der Waals surface area (Å²) >= 11 is 0. The van der Waals surface area contributed by atoms with Gasteiger partial charge in [-0.25, -0.2) is 0 Å². The lowest BCUT2D eigenvalue weighted by atomic mass is 9.91. The van der Waals surface area contributed by atoms with Gasteiger partial charge in [-0.1, -0.05) is 55.4 Å². The van der Waals surface area contributed by atoms with Crippen LogP contribution in [0.5, 0.6) is 0 Å². The first-order chi connectivity index (χ1) is 10.2. The molecule has 22 heavy (non-hydrogen) atoms. The van der Waals surface area contributed by atoms with E-state index in [0.29, 0.717) is 13.0 Å². The van der Waals surface area contributed by atoms with Crippen LogP contribution in [0.25, 0.3) is 0 Å². The molecule has 0 saturated heterocycles. The van der Waals surface area contributed by atoms with Crippen molar-refractivity contribution in [3.63, 3.8) is 0 Å². The second kappa shape index (κ2) is 20.6. The lowest BCUT2D eigenvalue weighted by molar-refractivity contribution is -0.110. The third-order valence-electron chi connectivity index (χ3n) is 2.28. The Morgan fingerprint density at radius 3 is 1.55 bits per heavy atom. The molecule has 0 rings (SSSR count). The standard InChI is InChI=1S/C12H25NO2.C2H7N.2C2H6/c1-11(2,6-7-14)9-15-10-12(3,4)8-13-5;1-3-2;2*1-2/h7,13H,6,8-10H2,1-5H3;3H,1-2H3;2*1-2H3. The van der Waals surface area contributed by atoms with E-state index < -0.39 is 0 Å². The van der Waals surface area contributed by atoms with Crippen molar-refractivity contribution in [3.05, 3.63) is 0 Å². The molecule has 0 unspecified atom stereocenters. The van der Waals surface area contributed by atoms with E-state index in [-0.39, 0.29) is 10.8 Å². The topological polar surface area (TPSA) is 50.4 Å². The maximum Gasteiger partial charge on any atom is 0.120 e. The molecule has 2 N–H and O–H groups in total. The molecular formula is C18H44N2O2. The molecular weight excluding hydrogens is 276 g/mol. The maximum atomic E-state index is 10.4. The third-order valence-corrected chi connectivity index (χ3v) is 2.28. The summed E-state index contributed by atoms with van der Waals surface area (Å²) in [5.74, 6) is 0. The van der Waals surface area contributed by atoms with Gasteiger partial charge < -0.3 is 20.2 Å². The van der Waals surface area contributed by atoms with Crippen LogP contribution in [-0.4, -0.2) is 47.2 Å². The Kier molecular flexibility index (Phi) is 27.6. The highest BCUT2D eigenvalue weighted by Gasteiger charge is 2.21. The Morgan fingerprint density at radius 2 is 1.23 bits per heavy atom. The smallest absolute Gasteiger partial charge is 0.120 e. The summed E-state index contributed by atoms with van der Waals surface area (Å²) in [6.45, 7) is 18.7. The van der Waals surface area contributed by atoms with Crippen LogP contribution in [-0.2, 0) is 9.53 Å². The molecule has 0 saturated carbocycles. The minimum Gasteiger partial charge on any atom is -0.380 e. The first kappa shape index (κ1) is 29.5. The average Bonchev–Trinajstić information content (AvgIpc) is 2.43. The number of nitrogens with one attached hydrogen (secondary N) is 2. The van der Waals surface area contributed by atoms with E-state index in [1.54, 1.807) is 0 Å². The van der Waals surface area contributed by atoms with Gasteiger partial charge in [0.05, 0.1) is 13.2 Å². The molecule has 0 aromatic heterocycles. The van der Waals surface area contributed by atoms with E-state index in [4.69, 9.17) is 4.74 Å². The lowest BCUT2D eigenvalue weighted by Gasteiger charge is -2.27. The fraction of sp³-hybridized carbons (Fsp3) is 0.944. The van der Waals surface area contributed by atoms with Crippen LogP contribution in [0.4, 0.5) is 0 Å². The summed E-state index contributed by atoms with van der Waals surface area (Å²) in [7, 11) is 5.69. The molecule has 0 radical (unpaired) electrons. The fourth-order valence-electron chi connectivity index (χ4n) is 1.42. The predicted molar refractivity (Wildman–Crippen MR) is 101 cm³/mol. The van der Waals surface area contributed by atoms with Crippen LogP contribution >= 0.6 is 0 Å². The summed E-state index contributed by atoms with van der Waals surface area (Å²) in [5, 5.41) is 5.89. The Bertz CT molecular complexity index is 205. The van der Waals surface area contributed by atoms with Crippen LogP contribution in [0, 0.1) is 10.8 Å². The van der Waals surface area contributed by atoms with E-state index in [0.717, 1.165) is 19.4 Å². The molecule has 0 atom stereocenters. The van der Waals surface area contributed by atoms with Gasteiger partial charge in [-0.05, 0) is 26.6 Å². The van der Waals surface area contributed by atoms with Gasteiger partial charge >= 0.3 is 0 Å². The minimum absolute atomic E-state index is 0.0442. The molecule has 0 fully saturated rings. The maximum absolute atomic E-state index is 10.4. The summed E-state index contributed by atoms with van der Waals surface area (Å²) in [4.78, 5) is 10.4. The number of hydrogen-bond donors (Lipinski definition) is 2. The number of carbonyl (C=O) groups excluding carboxylic acids is 1. The minimum atomic E-state index is -0.0442. The molecule has 0 amide bonds. The highest BCUT2D eigenvalue weighted by atomic mass is 16.5. The van der Waals surface area contributed by atoms with Crippen molar-refractivity contribution in [2.45, 2.75) is 61.8 Å². The van der Waals surface area contributed by atoms with Crippen molar-refractivity contribution < 1.29 is 9.53 Å². The molecule has 4 nitrogen and oxygen atoms in total. The molecule has 0 aromatic rings. The van der Waals surface area contributed by atoms with Crippen LogP contribution in [0.2, 0.25) is 0 Å². The average molecular weight is 321 g/mol. The zero-order valence-corrected chi connectivity index (χ0v) is 17.2. The van der Waals surface area contributed by atoms with Gasteiger partial charge in [0, 0.05) is 18.4 Å². The Balaban J connectivity index is -0.000000198. The number of aldehydes is 1. The van der Waals surface area contributed by atoms with Crippen LogP contribution in [0.1, 0.15) is 61.8 Å². The third kappa shape index (κ3) is 27.8. The number of rotatable bonds is 8. The van der Waals surface area contributed by atoms with Crippen molar-refractivity contribution in [1.29, 1.82) is 0 Å². The van der Waals surface area contributed by atoms with E-state index in [1.807, 2.05) is 62.7 Å². The van der Waals surface area contributed by atoms with Crippen molar-refractivity contribution in [2.24, 2.45) is 10.8 Å². The van der Waals surface area contributed by atoms with Crippen molar-refractivity contribution in [1.82, 2.24) is 10.6 Å². The SMILES string of the molecule is CC.CC.CNC.CNCC(C)(C)COCC(C)(C)CC=O. The molecule has 0 bridgehead atoms. The van der Waals surface area contributed by atoms with Crippen molar-refractivity contribution >= 4 is 6.29 Å². The molecule has 138 valence electrons. The van der Waals surface area contributed by atoms with E-state index >= 15 is 0 Å². The highest BCUT2D eigenvalue weighted by Crippen LogP contribution is 2.21. The Morgan fingerprint density at radius 1 is 0.864 bits per heavy atom. The number of carbonyl (C=O) groups is 1. The first-order valence-electron chi connectivity index (χ1n) is 8.49. The molecule has 0 heterocycles. The monoisotopic (exact) mass is 320 g/mol. The zero-order chi connectivity index (χ0) is 18.7. The van der Waals surface area contributed by atoms with Crippen LogP contribution < -0.4 is 10.6 Å². The summed E-state index contributed by atoms with van der Waals surface area (Å²) in [6.07, 6.45) is 1.52. The van der Waals surface area contributed by atoms with E-state index in [9.17, 15) is 4.79 Å². The predicted octanol–water partition coefficient (Wildman–Crippen LogP) is 3.75. The number of hydrogen-bond acceptors (Lipinski definition) is 4. The summed E-state index contributed by atoms with van der Waals surface area (Å²) in [6, 6.07) is 0. The van der Waals surface area contributed by atoms with Crippen molar-refractivity contribution in [3.8, 4) is 0 Å². The van der Waals surface area contributed by atoms with Gasteiger partial charge in [-0.15, -0.1) is 0 Å². The second-order valence-corrected chi connectivity index (χ2v) is 6.22. The van der Waals surface area contributed by atoms with Crippen molar-refractivity contribution in [2.75, 3.05) is 40.9 Å². The second-order valence-electron chi connectivity index (χ2n) is 6.22. The quantitative estimate of drug-likeness (QED) is 0.669. The normalized spacial score (nSPS) is 10.1. The van der Waals surface area contributed by atoms with Crippen LogP contribution in [0.3, 0.4) is 0 Å². The lowest BCUT2D eigenvalue weighted by Crippen LogP contribution is -2.33. The van der Waals surface area contributed by atoms with Gasteiger partial charge in [-0.3, -0.25) is 0 Å². The van der Waals surface area contributed by atoms with E-state index in [1.165, 1.54) is 0 Å². The van der Waals surface area contributed by atoms with Gasteiger partial charge in [0.1, 0.15) is 6.29 Å². The Hall–Kier alpha value is -0.450. The van der Waals surface area contributed by atoms with Gasteiger partial charge in [-0.2, -0.15) is 0 Å². The molecule has 0 aromatic carbocycles. The van der Waals surface area contributed by atoms with Crippen LogP contribution in [0.15, 0.2) is 0 Å². The summed E-state index contributed by atoms with van der Waals surface area (Å²) < 4.78 is 5.67. The van der Waals surface area contributed by atoms with Gasteiger partial charge in [0.2, 0.25) is 0 Å². The largest absolute Gasteiger partial charge is 0.380 e. The van der Waals surface area contributed by atoms with E-state index in [2.05, 4.69) is 24.5 Å². The van der Waals surface area contributed by atoms with Gasteiger partial charge in [0.15, 0.2) is 0 Å². The summed E-state index contributed by atoms with van der Waals surface area (Å²) in [5.41, 5.74) is 0.101. The molecule has 0 aliphatic rings.